The molecule has 2 aromatic rings. The highest BCUT2D eigenvalue weighted by Gasteiger charge is 2.22. The molecule has 108 valence electrons. The lowest BCUT2D eigenvalue weighted by atomic mass is 9.83. The maximum atomic E-state index is 6.10. The van der Waals surface area contributed by atoms with Crippen molar-refractivity contribution in [3.63, 3.8) is 0 Å². The minimum Gasteiger partial charge on any atom is -0.496 e. The van der Waals surface area contributed by atoms with Crippen LogP contribution in [0.15, 0.2) is 18.3 Å². The first kappa shape index (κ1) is 14.4. The number of hydrogen-bond donors (Lipinski definition) is 1. The number of aromatic nitrogens is 2. The summed E-state index contributed by atoms with van der Waals surface area (Å²) in [5.41, 5.74) is 10.5. The summed E-state index contributed by atoms with van der Waals surface area (Å²) in [6, 6.07) is 4.24. The van der Waals surface area contributed by atoms with E-state index in [9.17, 15) is 0 Å². The summed E-state index contributed by atoms with van der Waals surface area (Å²) in [6.45, 7) is 8.60. The Morgan fingerprint density at radius 3 is 2.30 bits per heavy atom. The SMILES string of the molecule is COc1cc(C)c(-c2cnn(C)c2N)cc1C(C)(C)C. The van der Waals surface area contributed by atoms with Crippen molar-refractivity contribution in [3.8, 4) is 16.9 Å². The van der Waals surface area contributed by atoms with E-state index in [2.05, 4.69) is 44.9 Å². The number of aryl methyl sites for hydroxylation is 2. The third kappa shape index (κ3) is 2.38. The van der Waals surface area contributed by atoms with E-state index < -0.39 is 0 Å². The Morgan fingerprint density at radius 1 is 1.20 bits per heavy atom. The van der Waals surface area contributed by atoms with Crippen LogP contribution in [0.2, 0.25) is 0 Å². The maximum Gasteiger partial charge on any atom is 0.129 e. The molecule has 4 nitrogen and oxygen atoms in total. The van der Waals surface area contributed by atoms with E-state index >= 15 is 0 Å². The van der Waals surface area contributed by atoms with Crippen LogP contribution in [0.25, 0.3) is 11.1 Å². The van der Waals surface area contributed by atoms with Crippen LogP contribution in [0.1, 0.15) is 31.9 Å². The third-order valence-electron chi connectivity index (χ3n) is 3.63. The van der Waals surface area contributed by atoms with Crippen molar-refractivity contribution in [2.75, 3.05) is 12.8 Å². The molecule has 0 amide bonds. The molecule has 0 spiro atoms. The van der Waals surface area contributed by atoms with Gasteiger partial charge >= 0.3 is 0 Å². The van der Waals surface area contributed by atoms with E-state index in [-0.39, 0.29) is 5.41 Å². The van der Waals surface area contributed by atoms with Gasteiger partial charge in [0, 0.05) is 18.2 Å². The molecule has 0 aliphatic carbocycles. The van der Waals surface area contributed by atoms with Gasteiger partial charge in [0.1, 0.15) is 11.6 Å². The normalized spacial score (nSPS) is 11.7. The monoisotopic (exact) mass is 273 g/mol. The lowest BCUT2D eigenvalue weighted by Crippen LogP contribution is -2.13. The second-order valence-corrected chi connectivity index (χ2v) is 6.18. The van der Waals surface area contributed by atoms with E-state index in [1.807, 2.05) is 13.2 Å². The number of ether oxygens (including phenoxy) is 1. The lowest BCUT2D eigenvalue weighted by Gasteiger charge is -2.24. The largest absolute Gasteiger partial charge is 0.496 e. The molecule has 1 heterocycles. The molecule has 1 aromatic carbocycles. The van der Waals surface area contributed by atoms with Crippen molar-refractivity contribution in [3.05, 3.63) is 29.5 Å². The summed E-state index contributed by atoms with van der Waals surface area (Å²) in [7, 11) is 3.56. The number of rotatable bonds is 2. The molecule has 0 aliphatic heterocycles. The number of nitrogens with zero attached hydrogens (tertiary/aromatic N) is 2. The van der Waals surface area contributed by atoms with Crippen molar-refractivity contribution in [2.24, 2.45) is 7.05 Å². The Morgan fingerprint density at radius 2 is 1.85 bits per heavy atom. The van der Waals surface area contributed by atoms with Crippen molar-refractivity contribution >= 4 is 5.82 Å². The van der Waals surface area contributed by atoms with Gasteiger partial charge in [0.2, 0.25) is 0 Å². The summed E-state index contributed by atoms with van der Waals surface area (Å²) in [5, 5.41) is 4.23. The van der Waals surface area contributed by atoms with Gasteiger partial charge < -0.3 is 10.5 Å². The van der Waals surface area contributed by atoms with Gasteiger partial charge in [0.15, 0.2) is 0 Å². The van der Waals surface area contributed by atoms with Crippen LogP contribution in [0.3, 0.4) is 0 Å². The third-order valence-corrected chi connectivity index (χ3v) is 3.63. The van der Waals surface area contributed by atoms with Crippen LogP contribution in [-0.4, -0.2) is 16.9 Å². The van der Waals surface area contributed by atoms with Crippen LogP contribution >= 0.6 is 0 Å². The second kappa shape index (κ2) is 4.85. The molecule has 0 aliphatic rings. The predicted molar refractivity (Wildman–Crippen MR) is 83.0 cm³/mol. The molecule has 2 rings (SSSR count). The van der Waals surface area contributed by atoms with Gasteiger partial charge in [-0.1, -0.05) is 20.8 Å². The molecule has 2 N–H and O–H groups in total. The summed E-state index contributed by atoms with van der Waals surface area (Å²) in [5.74, 6) is 1.60. The minimum atomic E-state index is 0.00473. The number of anilines is 1. The van der Waals surface area contributed by atoms with Crippen molar-refractivity contribution in [2.45, 2.75) is 33.1 Å². The topological polar surface area (TPSA) is 53.1 Å². The van der Waals surface area contributed by atoms with Gasteiger partial charge in [-0.3, -0.25) is 4.68 Å². The molecule has 0 atom stereocenters. The molecule has 0 saturated heterocycles. The Balaban J connectivity index is 2.69. The predicted octanol–water partition coefficient (Wildman–Crippen LogP) is 3.28. The fourth-order valence-corrected chi connectivity index (χ4v) is 2.38. The van der Waals surface area contributed by atoms with Gasteiger partial charge in [0.25, 0.3) is 0 Å². The average molecular weight is 273 g/mol. The Hall–Kier alpha value is -1.97. The highest BCUT2D eigenvalue weighted by Crippen LogP contribution is 2.38. The minimum absolute atomic E-state index is 0.00473. The molecule has 20 heavy (non-hydrogen) atoms. The molecule has 4 heteroatoms. The molecule has 0 bridgehead atoms. The van der Waals surface area contributed by atoms with Crippen LogP contribution in [0.5, 0.6) is 5.75 Å². The fraction of sp³-hybridized carbons (Fsp3) is 0.438. The maximum absolute atomic E-state index is 6.10. The smallest absolute Gasteiger partial charge is 0.129 e. The van der Waals surface area contributed by atoms with E-state index in [1.165, 1.54) is 5.56 Å². The van der Waals surface area contributed by atoms with Crippen LogP contribution in [0.4, 0.5) is 5.82 Å². The standard InChI is InChI=1S/C16H23N3O/c1-10-7-14(20-6)13(16(2,3)4)8-11(10)12-9-18-19(5)15(12)17/h7-9H,17H2,1-6H3. The van der Waals surface area contributed by atoms with Crippen molar-refractivity contribution in [1.29, 1.82) is 0 Å². The zero-order valence-corrected chi connectivity index (χ0v) is 13.1. The molecular weight excluding hydrogens is 250 g/mol. The highest BCUT2D eigenvalue weighted by molar-refractivity contribution is 5.77. The molecule has 1 aromatic heterocycles. The van der Waals surface area contributed by atoms with Crippen LogP contribution < -0.4 is 10.5 Å². The Kier molecular flexibility index (Phi) is 3.50. The van der Waals surface area contributed by atoms with Gasteiger partial charge in [-0.15, -0.1) is 0 Å². The molecule has 0 saturated carbocycles. The van der Waals surface area contributed by atoms with Gasteiger partial charge in [0.05, 0.1) is 13.3 Å². The highest BCUT2D eigenvalue weighted by atomic mass is 16.5. The van der Waals surface area contributed by atoms with Gasteiger partial charge in [-0.05, 0) is 35.6 Å². The Labute approximate surface area is 120 Å². The van der Waals surface area contributed by atoms with E-state index in [1.54, 1.807) is 11.8 Å². The molecular formula is C16H23N3O. The summed E-state index contributed by atoms with van der Waals surface area (Å²) in [6.07, 6.45) is 1.82. The fourth-order valence-electron chi connectivity index (χ4n) is 2.38. The number of hydrogen-bond acceptors (Lipinski definition) is 3. The zero-order chi connectivity index (χ0) is 15.1. The molecule has 0 unspecified atom stereocenters. The van der Waals surface area contributed by atoms with Gasteiger partial charge in [-0.2, -0.15) is 5.10 Å². The number of nitrogens with two attached hydrogens (primary N) is 1. The number of nitrogen functional groups attached to an aromatic ring is 1. The molecule has 0 fully saturated rings. The van der Waals surface area contributed by atoms with E-state index in [0.29, 0.717) is 5.82 Å². The summed E-state index contributed by atoms with van der Waals surface area (Å²) < 4.78 is 7.22. The first-order chi connectivity index (χ1) is 9.25. The van der Waals surface area contributed by atoms with Crippen LogP contribution in [-0.2, 0) is 12.5 Å². The van der Waals surface area contributed by atoms with E-state index in [0.717, 1.165) is 22.4 Å². The molecule has 0 radical (unpaired) electrons. The zero-order valence-electron chi connectivity index (χ0n) is 13.1. The average Bonchev–Trinajstić information content (AvgIpc) is 2.68. The van der Waals surface area contributed by atoms with Crippen molar-refractivity contribution < 1.29 is 4.74 Å². The van der Waals surface area contributed by atoms with E-state index in [4.69, 9.17) is 10.5 Å². The van der Waals surface area contributed by atoms with Crippen LogP contribution in [0, 0.1) is 6.92 Å². The summed E-state index contributed by atoms with van der Waals surface area (Å²) in [4.78, 5) is 0. The second-order valence-electron chi connectivity index (χ2n) is 6.18. The first-order valence-corrected chi connectivity index (χ1v) is 6.72. The number of benzene rings is 1. The van der Waals surface area contributed by atoms with Crippen molar-refractivity contribution in [1.82, 2.24) is 9.78 Å². The first-order valence-electron chi connectivity index (χ1n) is 6.72. The lowest BCUT2D eigenvalue weighted by molar-refractivity contribution is 0.397. The summed E-state index contributed by atoms with van der Waals surface area (Å²) >= 11 is 0. The Bertz CT molecular complexity index is 636. The van der Waals surface area contributed by atoms with Gasteiger partial charge in [-0.25, -0.2) is 0 Å². The quantitative estimate of drug-likeness (QED) is 0.913. The number of methoxy groups -OCH3 is 1.